The molecule has 0 bridgehead atoms. The number of pyridine rings is 1. The van der Waals surface area contributed by atoms with Gasteiger partial charge in [0.05, 0.1) is 16.4 Å². The van der Waals surface area contributed by atoms with E-state index in [1.54, 1.807) is 46.3 Å². The highest BCUT2D eigenvalue weighted by molar-refractivity contribution is 8.03. The molecular weight excluding hydrogens is 556 g/mol. The molecule has 4 atom stereocenters. The normalized spacial score (nSPS) is 21.3. The van der Waals surface area contributed by atoms with Crippen LogP contribution in [0.15, 0.2) is 40.6 Å². The van der Waals surface area contributed by atoms with Crippen LogP contribution in [0.2, 0.25) is 5.02 Å². The lowest BCUT2D eigenvalue weighted by Gasteiger charge is -2.34. The number of halogens is 1. The Balaban J connectivity index is 1.41. The Morgan fingerprint density at radius 3 is 2.75 bits per heavy atom. The molecule has 13 nitrogen and oxygen atoms in total. The van der Waals surface area contributed by atoms with Crippen molar-refractivity contribution >= 4 is 52.7 Å². The molecule has 4 heterocycles. The van der Waals surface area contributed by atoms with Gasteiger partial charge >= 0.3 is 0 Å². The number of nitrogens with one attached hydrogen (secondary N) is 2. The largest absolute Gasteiger partial charge is 0.370 e. The van der Waals surface area contributed by atoms with Gasteiger partial charge in [-0.05, 0) is 37.8 Å². The Morgan fingerprint density at radius 1 is 1.25 bits per heavy atom. The summed E-state index contributed by atoms with van der Waals surface area (Å²) in [6.07, 6.45) is 5.68. The molecule has 1 saturated heterocycles. The second kappa shape index (κ2) is 12.8. The van der Waals surface area contributed by atoms with Crippen LogP contribution in [0, 0.1) is 0 Å². The van der Waals surface area contributed by atoms with Gasteiger partial charge in [0.2, 0.25) is 5.91 Å². The summed E-state index contributed by atoms with van der Waals surface area (Å²) in [6.45, 7) is 0.827. The summed E-state index contributed by atoms with van der Waals surface area (Å²) in [4.78, 5) is 51.2. The molecule has 40 heavy (non-hydrogen) atoms. The number of hydrogen-bond acceptors (Lipinski definition) is 8. The van der Waals surface area contributed by atoms with Crippen LogP contribution in [0.4, 0.5) is 0 Å². The minimum Gasteiger partial charge on any atom is -0.370 e. The number of fused-ring (bicyclic) bond motifs is 1. The molecule has 0 saturated carbocycles. The van der Waals surface area contributed by atoms with E-state index < -0.39 is 6.04 Å². The molecule has 0 aliphatic carbocycles. The number of nitrogens with two attached hydrogens (primary N) is 3. The maximum atomic E-state index is 13.5. The number of nitrogens with zero attached hydrogens (tertiary/aromatic N) is 5. The molecule has 2 aromatic heterocycles. The number of aromatic nitrogens is 2. The number of carbonyl (C=O) groups is 3. The van der Waals surface area contributed by atoms with E-state index in [-0.39, 0.29) is 41.1 Å². The molecule has 1 unspecified atom stereocenters. The smallest absolute Gasteiger partial charge is 0.274 e. The first-order valence-electron chi connectivity index (χ1n) is 13.0. The van der Waals surface area contributed by atoms with Gasteiger partial charge in [-0.2, -0.15) is 0 Å². The van der Waals surface area contributed by atoms with E-state index in [4.69, 9.17) is 28.8 Å². The average molecular weight is 591 g/mol. The number of hydrogen-bond donors (Lipinski definition) is 5. The summed E-state index contributed by atoms with van der Waals surface area (Å²) in [6, 6.07) is 2.30. The number of likely N-dealkylation sites (tertiary alicyclic amines) is 1. The molecule has 8 N–H and O–H groups in total. The number of likely N-dealkylation sites (N-methyl/N-ethyl adjacent to an activating group) is 2. The molecular formula is C25H35ClN10O3S. The predicted octanol–water partition coefficient (Wildman–Crippen LogP) is 0.0501. The zero-order valence-electron chi connectivity index (χ0n) is 22.4. The van der Waals surface area contributed by atoms with Gasteiger partial charge in [0.25, 0.3) is 11.8 Å². The monoisotopic (exact) mass is 590 g/mol. The summed E-state index contributed by atoms with van der Waals surface area (Å²) < 4.78 is 1.71. The number of carbonyl (C=O) groups excluding carboxylic acids is 3. The van der Waals surface area contributed by atoms with Crippen LogP contribution in [0.1, 0.15) is 36.2 Å². The van der Waals surface area contributed by atoms with Gasteiger partial charge < -0.3 is 42.0 Å². The lowest BCUT2D eigenvalue weighted by Crippen LogP contribution is -2.50. The minimum absolute atomic E-state index is 0.0196. The van der Waals surface area contributed by atoms with E-state index in [2.05, 4.69) is 20.6 Å². The number of imidazole rings is 1. The van der Waals surface area contributed by atoms with E-state index in [1.807, 2.05) is 4.90 Å². The number of thioether (sulfide) groups is 1. The molecule has 1 fully saturated rings. The maximum Gasteiger partial charge on any atom is 0.274 e. The fraction of sp³-hybridized carbons (Fsp3) is 0.480. The third-order valence-corrected chi connectivity index (χ3v) is 8.47. The van der Waals surface area contributed by atoms with E-state index in [1.165, 1.54) is 18.8 Å². The topological polar surface area (TPSA) is 189 Å². The van der Waals surface area contributed by atoms with Crippen LogP contribution in [0.25, 0.3) is 5.65 Å². The zero-order valence-corrected chi connectivity index (χ0v) is 24.0. The van der Waals surface area contributed by atoms with Crippen LogP contribution >= 0.6 is 23.4 Å². The van der Waals surface area contributed by atoms with Crippen molar-refractivity contribution in [2.24, 2.45) is 22.2 Å². The molecule has 0 spiro atoms. The summed E-state index contributed by atoms with van der Waals surface area (Å²) in [5.74, 6) is -0.864. The Bertz CT molecular complexity index is 1330. The first kappa shape index (κ1) is 29.5. The van der Waals surface area contributed by atoms with E-state index >= 15 is 0 Å². The molecule has 2 aromatic rings. The third-order valence-electron chi connectivity index (χ3n) is 6.98. The van der Waals surface area contributed by atoms with Gasteiger partial charge in [0.1, 0.15) is 23.1 Å². The van der Waals surface area contributed by atoms with Crippen LogP contribution in [0.3, 0.4) is 0 Å². The Labute approximate surface area is 241 Å². The van der Waals surface area contributed by atoms with E-state index in [9.17, 15) is 14.4 Å². The highest BCUT2D eigenvalue weighted by Gasteiger charge is 2.44. The minimum atomic E-state index is -0.711. The molecule has 0 radical (unpaired) electrons. The quantitative estimate of drug-likeness (QED) is 0.145. The molecule has 15 heteroatoms. The number of amides is 3. The Morgan fingerprint density at radius 2 is 2.02 bits per heavy atom. The number of rotatable bonds is 10. The van der Waals surface area contributed by atoms with Crippen molar-refractivity contribution in [3.63, 3.8) is 0 Å². The summed E-state index contributed by atoms with van der Waals surface area (Å²) in [7, 11) is 3.33. The van der Waals surface area contributed by atoms with Crippen molar-refractivity contribution in [1.29, 1.82) is 0 Å². The van der Waals surface area contributed by atoms with Gasteiger partial charge in [0.15, 0.2) is 5.96 Å². The second-order valence-corrected chi connectivity index (χ2v) is 11.3. The Hall–Kier alpha value is -3.49. The highest BCUT2D eigenvalue weighted by atomic mass is 35.5. The third kappa shape index (κ3) is 6.62. The maximum absolute atomic E-state index is 13.5. The number of aliphatic imine (C=N–C) groups is 1. The lowest BCUT2D eigenvalue weighted by molar-refractivity contribution is -0.127. The van der Waals surface area contributed by atoms with Gasteiger partial charge in [0, 0.05) is 51.0 Å². The van der Waals surface area contributed by atoms with Crippen LogP contribution in [-0.4, -0.2) is 93.5 Å². The molecule has 216 valence electrons. The van der Waals surface area contributed by atoms with Gasteiger partial charge in [-0.1, -0.05) is 11.6 Å². The average Bonchev–Trinajstić information content (AvgIpc) is 3.62. The lowest BCUT2D eigenvalue weighted by atomic mass is 10.1. The van der Waals surface area contributed by atoms with Gasteiger partial charge in [-0.3, -0.25) is 19.4 Å². The first-order chi connectivity index (χ1) is 19.1. The Kier molecular flexibility index (Phi) is 9.43. The standard InChI is InChI=1S/C25H35ClN10O3S/c1-30-21(37)16(5-3-4-8-31-25(28)29)33-22(38)19-13-40-24(34(19)2)18-9-15(27)11-36(18)23(39)17-12-35-10-14(26)6-7-20(35)32-17/h6-7,10,12-13,15-16,18,24H,3-5,8-9,11,27H2,1-2H3,(H,30,37)(H,33,38)(H4,28,29,31)/t15-,16-,18+,24?/m1/s1. The van der Waals surface area contributed by atoms with E-state index in [0.29, 0.717) is 60.8 Å². The van der Waals surface area contributed by atoms with Crippen molar-refractivity contribution in [2.45, 2.75) is 49.2 Å². The van der Waals surface area contributed by atoms with Crippen molar-refractivity contribution in [1.82, 2.24) is 29.8 Å². The van der Waals surface area contributed by atoms with Crippen molar-refractivity contribution < 1.29 is 14.4 Å². The molecule has 2 aliphatic heterocycles. The summed E-state index contributed by atoms with van der Waals surface area (Å²) in [5, 5.41) is 7.52. The van der Waals surface area contributed by atoms with Crippen molar-refractivity contribution in [2.75, 3.05) is 27.2 Å². The fourth-order valence-corrected chi connectivity index (χ4v) is 6.42. The van der Waals surface area contributed by atoms with Crippen LogP contribution in [-0.2, 0) is 9.59 Å². The van der Waals surface area contributed by atoms with Gasteiger partial charge in [-0.15, -0.1) is 11.8 Å². The second-order valence-electron chi connectivity index (χ2n) is 9.84. The zero-order chi connectivity index (χ0) is 29.0. The van der Waals surface area contributed by atoms with Crippen molar-refractivity contribution in [3.05, 3.63) is 46.3 Å². The summed E-state index contributed by atoms with van der Waals surface area (Å²) in [5.41, 5.74) is 18.3. The van der Waals surface area contributed by atoms with Crippen LogP contribution in [0.5, 0.6) is 0 Å². The highest BCUT2D eigenvalue weighted by Crippen LogP contribution is 2.37. The first-order valence-corrected chi connectivity index (χ1v) is 14.3. The number of guanidine groups is 1. The molecule has 3 amide bonds. The molecule has 4 rings (SSSR count). The SMILES string of the molecule is CNC(=O)[C@@H](CCCCN=C(N)N)NC(=O)C1=CSC([C@@H]2C[C@@H](N)CN2C(=O)c2cn3cc(Cl)ccc3n2)N1C. The van der Waals surface area contributed by atoms with E-state index in [0.717, 1.165) is 0 Å². The molecule has 2 aliphatic rings. The van der Waals surface area contributed by atoms with Crippen molar-refractivity contribution in [3.8, 4) is 0 Å². The molecule has 0 aromatic carbocycles. The fourth-order valence-electron chi connectivity index (χ4n) is 4.97. The predicted molar refractivity (Wildman–Crippen MR) is 155 cm³/mol. The summed E-state index contributed by atoms with van der Waals surface area (Å²) >= 11 is 7.53. The number of unbranched alkanes of at least 4 members (excludes halogenated alkanes) is 1. The van der Waals surface area contributed by atoms with Crippen LogP contribution < -0.4 is 27.8 Å². The van der Waals surface area contributed by atoms with Gasteiger partial charge in [-0.25, -0.2) is 4.98 Å².